The van der Waals surface area contributed by atoms with Gasteiger partial charge in [0.25, 0.3) is 0 Å². The monoisotopic (exact) mass is 299 g/mol. The second-order valence-electron chi connectivity index (χ2n) is 4.56. The molecule has 0 saturated heterocycles. The van der Waals surface area contributed by atoms with Gasteiger partial charge in [0, 0.05) is 24.6 Å². The number of nitrogens with two attached hydrogens (primary N) is 1. The Hall–Kier alpha value is -1.59. The Morgan fingerprint density at radius 3 is 2.65 bits per heavy atom. The lowest BCUT2D eigenvalue weighted by molar-refractivity contribution is -0.124. The molecule has 1 rings (SSSR count). The van der Waals surface area contributed by atoms with Gasteiger partial charge >= 0.3 is 0 Å². The van der Waals surface area contributed by atoms with E-state index in [1.54, 1.807) is 18.2 Å². The van der Waals surface area contributed by atoms with Crippen LogP contribution in [0.15, 0.2) is 24.3 Å². The number of benzene rings is 1. The molecule has 0 aliphatic rings. The van der Waals surface area contributed by atoms with E-state index in [0.29, 0.717) is 25.1 Å². The van der Waals surface area contributed by atoms with E-state index in [4.69, 9.17) is 5.73 Å². The Morgan fingerprint density at radius 2 is 2.05 bits per heavy atom. The average molecular weight is 300 g/mol. The molecule has 0 spiro atoms. The highest BCUT2D eigenvalue weighted by Crippen LogP contribution is 2.05. The fourth-order valence-corrected chi connectivity index (χ4v) is 1.78. The largest absolute Gasteiger partial charge is 0.366 e. The van der Waals surface area contributed by atoms with Crippen molar-refractivity contribution in [2.24, 2.45) is 11.7 Å². The molecule has 20 heavy (non-hydrogen) atoms. The van der Waals surface area contributed by atoms with Gasteiger partial charge in [0.2, 0.25) is 11.8 Å². The van der Waals surface area contributed by atoms with E-state index >= 15 is 0 Å². The fourth-order valence-electron chi connectivity index (χ4n) is 1.78. The number of halogens is 1. The van der Waals surface area contributed by atoms with Crippen LogP contribution >= 0.6 is 12.4 Å². The molecule has 6 heteroatoms. The molecule has 0 radical (unpaired) electrons. The van der Waals surface area contributed by atoms with Crippen molar-refractivity contribution in [2.75, 3.05) is 20.1 Å². The van der Waals surface area contributed by atoms with Crippen molar-refractivity contribution in [1.29, 1.82) is 0 Å². The van der Waals surface area contributed by atoms with Crippen molar-refractivity contribution in [3.8, 4) is 0 Å². The number of amides is 2. The summed E-state index contributed by atoms with van der Waals surface area (Å²) in [5.74, 6) is -0.462. The molecule has 112 valence electrons. The minimum absolute atomic E-state index is 0. The van der Waals surface area contributed by atoms with Gasteiger partial charge in [0.1, 0.15) is 0 Å². The van der Waals surface area contributed by atoms with Gasteiger partial charge in [-0.05, 0) is 31.2 Å². The molecule has 0 heterocycles. The molecule has 1 atom stereocenters. The topological polar surface area (TPSA) is 84.2 Å². The first-order chi connectivity index (χ1) is 9.04. The second kappa shape index (κ2) is 9.34. The summed E-state index contributed by atoms with van der Waals surface area (Å²) >= 11 is 0. The Bertz CT molecular complexity index is 452. The van der Waals surface area contributed by atoms with Crippen molar-refractivity contribution in [1.82, 2.24) is 10.6 Å². The van der Waals surface area contributed by atoms with E-state index in [1.807, 2.05) is 20.0 Å². The molecule has 1 aromatic rings. The molecule has 0 saturated carbocycles. The van der Waals surface area contributed by atoms with Crippen molar-refractivity contribution in [3.05, 3.63) is 35.4 Å². The van der Waals surface area contributed by atoms with Gasteiger partial charge in [-0.15, -0.1) is 12.4 Å². The van der Waals surface area contributed by atoms with Gasteiger partial charge in [0.05, 0.1) is 0 Å². The van der Waals surface area contributed by atoms with E-state index in [2.05, 4.69) is 10.6 Å². The van der Waals surface area contributed by atoms with Crippen LogP contribution in [0, 0.1) is 5.92 Å². The van der Waals surface area contributed by atoms with Gasteiger partial charge in [-0.25, -0.2) is 0 Å². The van der Waals surface area contributed by atoms with Crippen molar-refractivity contribution < 1.29 is 9.59 Å². The number of nitrogens with one attached hydrogen (secondary N) is 2. The molecule has 0 bridgehead atoms. The first-order valence-electron chi connectivity index (χ1n) is 6.35. The summed E-state index contributed by atoms with van der Waals surface area (Å²) in [6.07, 6.45) is 0.680. The van der Waals surface area contributed by atoms with Gasteiger partial charge in [-0.2, -0.15) is 0 Å². The zero-order chi connectivity index (χ0) is 14.3. The van der Waals surface area contributed by atoms with Gasteiger partial charge in [-0.1, -0.05) is 19.1 Å². The summed E-state index contributed by atoms with van der Waals surface area (Å²) < 4.78 is 0. The maximum absolute atomic E-state index is 11.7. The predicted octanol–water partition coefficient (Wildman–Crippen LogP) is 0.722. The van der Waals surface area contributed by atoms with E-state index < -0.39 is 5.91 Å². The van der Waals surface area contributed by atoms with Crippen molar-refractivity contribution in [2.45, 2.75) is 13.3 Å². The SMILES string of the molecule is CNCC(C)C(=O)NCCc1cccc(C(N)=O)c1.Cl. The molecule has 1 aromatic carbocycles. The highest BCUT2D eigenvalue weighted by molar-refractivity contribution is 5.92. The molecule has 4 N–H and O–H groups in total. The first kappa shape index (κ1) is 18.4. The predicted molar refractivity (Wildman–Crippen MR) is 82.0 cm³/mol. The number of carbonyl (C=O) groups excluding carboxylic acids is 2. The Labute approximate surface area is 125 Å². The molecule has 2 amide bonds. The molecule has 1 unspecified atom stereocenters. The van der Waals surface area contributed by atoms with E-state index in [9.17, 15) is 9.59 Å². The molecule has 0 fully saturated rings. The van der Waals surface area contributed by atoms with Crippen LogP contribution in [0.4, 0.5) is 0 Å². The standard InChI is InChI=1S/C14H21N3O2.ClH/c1-10(9-16-2)14(19)17-7-6-11-4-3-5-12(8-11)13(15)18;/h3-5,8,10,16H,6-7,9H2,1-2H3,(H2,15,18)(H,17,19);1H. The van der Waals surface area contributed by atoms with E-state index in [0.717, 1.165) is 5.56 Å². The number of hydrogen-bond acceptors (Lipinski definition) is 3. The fraction of sp³-hybridized carbons (Fsp3) is 0.429. The van der Waals surface area contributed by atoms with E-state index in [-0.39, 0.29) is 24.2 Å². The maximum Gasteiger partial charge on any atom is 0.248 e. The highest BCUT2D eigenvalue weighted by Gasteiger charge is 2.10. The number of hydrogen-bond donors (Lipinski definition) is 3. The third-order valence-corrected chi connectivity index (χ3v) is 2.88. The molecular formula is C14H22ClN3O2. The number of carbonyl (C=O) groups is 2. The summed E-state index contributed by atoms with van der Waals surface area (Å²) in [6.45, 7) is 3.08. The van der Waals surface area contributed by atoms with Crippen LogP contribution in [0.25, 0.3) is 0 Å². The summed E-state index contributed by atoms with van der Waals surface area (Å²) in [5.41, 5.74) is 6.69. The molecule has 5 nitrogen and oxygen atoms in total. The second-order valence-corrected chi connectivity index (χ2v) is 4.56. The van der Waals surface area contributed by atoms with Crippen LogP contribution in [-0.4, -0.2) is 32.0 Å². The normalized spacial score (nSPS) is 11.3. The van der Waals surface area contributed by atoms with Crippen LogP contribution in [0.3, 0.4) is 0 Å². The first-order valence-corrected chi connectivity index (χ1v) is 6.35. The average Bonchev–Trinajstić information content (AvgIpc) is 2.39. The van der Waals surface area contributed by atoms with Crippen molar-refractivity contribution >= 4 is 24.2 Å². The van der Waals surface area contributed by atoms with E-state index in [1.165, 1.54) is 0 Å². The third kappa shape index (κ3) is 6.04. The summed E-state index contributed by atoms with van der Waals surface area (Å²) in [6, 6.07) is 7.14. The third-order valence-electron chi connectivity index (χ3n) is 2.88. The van der Waals surface area contributed by atoms with Crippen LogP contribution in [0.2, 0.25) is 0 Å². The molecule has 0 aliphatic carbocycles. The number of rotatable bonds is 7. The van der Waals surface area contributed by atoms with Crippen LogP contribution in [0.1, 0.15) is 22.8 Å². The van der Waals surface area contributed by atoms with Crippen LogP contribution in [0.5, 0.6) is 0 Å². The lowest BCUT2D eigenvalue weighted by atomic mass is 10.1. The van der Waals surface area contributed by atoms with Gasteiger partial charge < -0.3 is 16.4 Å². The summed E-state index contributed by atoms with van der Waals surface area (Å²) in [4.78, 5) is 22.7. The number of primary amides is 1. The van der Waals surface area contributed by atoms with Crippen molar-refractivity contribution in [3.63, 3.8) is 0 Å². The van der Waals surface area contributed by atoms with Gasteiger partial charge in [-0.3, -0.25) is 9.59 Å². The maximum atomic E-state index is 11.7. The van der Waals surface area contributed by atoms with Crippen LogP contribution < -0.4 is 16.4 Å². The summed E-state index contributed by atoms with van der Waals surface area (Å²) in [7, 11) is 1.82. The zero-order valence-electron chi connectivity index (χ0n) is 11.8. The minimum Gasteiger partial charge on any atom is -0.366 e. The molecule has 0 aromatic heterocycles. The molecular weight excluding hydrogens is 278 g/mol. The smallest absolute Gasteiger partial charge is 0.248 e. The highest BCUT2D eigenvalue weighted by atomic mass is 35.5. The lowest BCUT2D eigenvalue weighted by Crippen LogP contribution is -2.35. The Morgan fingerprint density at radius 1 is 1.35 bits per heavy atom. The lowest BCUT2D eigenvalue weighted by Gasteiger charge is -2.11. The Balaban J connectivity index is 0.00000361. The van der Waals surface area contributed by atoms with Crippen LogP contribution in [-0.2, 0) is 11.2 Å². The molecule has 0 aliphatic heterocycles. The summed E-state index contributed by atoms with van der Waals surface area (Å²) in [5, 5.41) is 5.83. The quantitative estimate of drug-likeness (QED) is 0.694. The zero-order valence-corrected chi connectivity index (χ0v) is 12.6. The Kier molecular flexibility index (Phi) is 8.59. The minimum atomic E-state index is -0.437. The van der Waals surface area contributed by atoms with Gasteiger partial charge in [0.15, 0.2) is 0 Å².